The topological polar surface area (TPSA) is 124 Å². The SMILES string of the molecule is CCCCN(c1ccc2c(c1)c(-c1ccc3nsnc3c1)c(C(=O)O)n2Cc1cc(OC)ccc1OC)S(=O)(=O)c1ccccc1C. The molecule has 6 rings (SSSR count). The summed E-state index contributed by atoms with van der Waals surface area (Å²) in [4.78, 5) is 13.4. The third kappa shape index (κ3) is 5.90. The van der Waals surface area contributed by atoms with Crippen LogP contribution in [0.15, 0.2) is 83.8 Å². The van der Waals surface area contributed by atoms with Gasteiger partial charge in [0.15, 0.2) is 0 Å². The van der Waals surface area contributed by atoms with Crippen molar-refractivity contribution in [1.82, 2.24) is 13.3 Å². The first-order valence-electron chi connectivity index (χ1n) is 15.1. The van der Waals surface area contributed by atoms with Gasteiger partial charge in [0, 0.05) is 28.6 Å². The number of sulfonamides is 1. The minimum Gasteiger partial charge on any atom is -0.497 e. The fourth-order valence-corrected chi connectivity index (χ4v) is 8.19. The van der Waals surface area contributed by atoms with Crippen LogP contribution in [0, 0.1) is 6.92 Å². The molecule has 0 aliphatic heterocycles. The van der Waals surface area contributed by atoms with Gasteiger partial charge in [-0.1, -0.05) is 37.6 Å². The quantitative estimate of drug-likeness (QED) is 0.143. The number of anilines is 1. The predicted molar refractivity (Wildman–Crippen MR) is 185 cm³/mol. The summed E-state index contributed by atoms with van der Waals surface area (Å²) in [5.41, 5.74) is 4.90. The largest absolute Gasteiger partial charge is 0.497 e. The average Bonchev–Trinajstić information content (AvgIpc) is 3.67. The number of carboxylic acids is 1. The predicted octanol–water partition coefficient (Wildman–Crippen LogP) is 7.38. The van der Waals surface area contributed by atoms with Crippen molar-refractivity contribution in [1.29, 1.82) is 0 Å². The van der Waals surface area contributed by atoms with Gasteiger partial charge in [0.1, 0.15) is 28.2 Å². The molecule has 0 spiro atoms. The Morgan fingerprint density at radius 3 is 2.47 bits per heavy atom. The van der Waals surface area contributed by atoms with E-state index >= 15 is 0 Å². The zero-order chi connectivity index (χ0) is 33.3. The molecule has 6 aromatic rings. The molecule has 0 bridgehead atoms. The third-order valence-electron chi connectivity index (χ3n) is 8.27. The van der Waals surface area contributed by atoms with Crippen LogP contribution >= 0.6 is 11.7 Å². The lowest BCUT2D eigenvalue weighted by molar-refractivity contribution is 0.0687. The molecule has 0 saturated carbocycles. The molecular formula is C35H34N4O6S2. The second-order valence-electron chi connectivity index (χ2n) is 11.2. The first-order chi connectivity index (χ1) is 22.7. The van der Waals surface area contributed by atoms with Gasteiger partial charge in [-0.3, -0.25) is 4.31 Å². The fraction of sp³-hybridized carbons (Fsp3) is 0.229. The van der Waals surface area contributed by atoms with E-state index in [2.05, 4.69) is 8.75 Å². The number of fused-ring (bicyclic) bond motifs is 2. The Bertz CT molecular complexity index is 2220. The highest BCUT2D eigenvalue weighted by Crippen LogP contribution is 2.40. The molecule has 12 heteroatoms. The van der Waals surface area contributed by atoms with Gasteiger partial charge in [0.2, 0.25) is 0 Å². The molecule has 0 atom stereocenters. The molecule has 2 aromatic heterocycles. The number of carbonyl (C=O) groups is 1. The van der Waals surface area contributed by atoms with Crippen LogP contribution in [-0.2, 0) is 16.6 Å². The van der Waals surface area contributed by atoms with Crippen molar-refractivity contribution in [2.75, 3.05) is 25.1 Å². The van der Waals surface area contributed by atoms with Crippen molar-refractivity contribution in [2.45, 2.75) is 38.1 Å². The van der Waals surface area contributed by atoms with Crippen LogP contribution in [0.5, 0.6) is 11.5 Å². The van der Waals surface area contributed by atoms with Crippen molar-refractivity contribution in [2.24, 2.45) is 0 Å². The highest BCUT2D eigenvalue weighted by atomic mass is 32.2. The molecule has 0 saturated heterocycles. The normalized spacial score (nSPS) is 11.7. The van der Waals surface area contributed by atoms with E-state index in [1.165, 1.54) is 4.31 Å². The number of aryl methyl sites for hydroxylation is 1. The van der Waals surface area contributed by atoms with E-state index in [0.717, 1.165) is 18.1 Å². The maximum atomic E-state index is 14.2. The monoisotopic (exact) mass is 670 g/mol. The first-order valence-corrected chi connectivity index (χ1v) is 17.3. The number of rotatable bonds is 12. The van der Waals surface area contributed by atoms with Crippen molar-refractivity contribution in [3.05, 3.63) is 95.7 Å². The van der Waals surface area contributed by atoms with Gasteiger partial charge in [0.05, 0.1) is 43.1 Å². The Morgan fingerprint density at radius 2 is 1.74 bits per heavy atom. The molecule has 0 radical (unpaired) electrons. The number of carboxylic acid groups (broad SMARTS) is 1. The van der Waals surface area contributed by atoms with Crippen molar-refractivity contribution in [3.63, 3.8) is 0 Å². The number of unbranched alkanes of at least 4 members (excludes halogenated alkanes) is 1. The van der Waals surface area contributed by atoms with E-state index in [1.54, 1.807) is 74.2 Å². The summed E-state index contributed by atoms with van der Waals surface area (Å²) in [7, 11) is -0.818. The van der Waals surface area contributed by atoms with Crippen LogP contribution < -0.4 is 13.8 Å². The molecule has 47 heavy (non-hydrogen) atoms. The second kappa shape index (κ2) is 13.0. The maximum absolute atomic E-state index is 14.2. The zero-order valence-electron chi connectivity index (χ0n) is 26.4. The summed E-state index contributed by atoms with van der Waals surface area (Å²) < 4.78 is 51.4. The molecule has 0 amide bonds. The minimum absolute atomic E-state index is 0.0476. The molecular weight excluding hydrogens is 637 g/mol. The Hall–Kier alpha value is -4.94. The summed E-state index contributed by atoms with van der Waals surface area (Å²) in [6.07, 6.45) is 1.43. The van der Waals surface area contributed by atoms with Crippen LogP contribution in [0.2, 0.25) is 0 Å². The number of hydrogen-bond acceptors (Lipinski definition) is 8. The number of aromatic nitrogens is 3. The highest BCUT2D eigenvalue weighted by molar-refractivity contribution is 7.92. The lowest BCUT2D eigenvalue weighted by atomic mass is 10.0. The van der Waals surface area contributed by atoms with E-state index in [1.807, 2.05) is 37.3 Å². The highest BCUT2D eigenvalue weighted by Gasteiger charge is 2.29. The zero-order valence-corrected chi connectivity index (χ0v) is 28.1. The molecule has 242 valence electrons. The molecule has 0 aliphatic rings. The molecule has 1 N–H and O–H groups in total. The third-order valence-corrected chi connectivity index (χ3v) is 10.8. The second-order valence-corrected chi connectivity index (χ2v) is 13.5. The first kappa shape index (κ1) is 32.0. The minimum atomic E-state index is -3.95. The Kier molecular flexibility index (Phi) is 8.89. The van der Waals surface area contributed by atoms with Crippen LogP contribution in [0.4, 0.5) is 5.69 Å². The molecule has 0 fully saturated rings. The molecule has 0 unspecified atom stereocenters. The number of methoxy groups -OCH3 is 2. The van der Waals surface area contributed by atoms with Gasteiger partial charge in [-0.25, -0.2) is 13.2 Å². The number of aromatic carboxylic acids is 1. The van der Waals surface area contributed by atoms with E-state index in [-0.39, 0.29) is 23.7 Å². The van der Waals surface area contributed by atoms with Gasteiger partial charge in [-0.15, -0.1) is 0 Å². The van der Waals surface area contributed by atoms with E-state index in [9.17, 15) is 18.3 Å². The Morgan fingerprint density at radius 1 is 0.957 bits per heavy atom. The molecule has 2 heterocycles. The van der Waals surface area contributed by atoms with Gasteiger partial charge in [0.25, 0.3) is 10.0 Å². The van der Waals surface area contributed by atoms with Gasteiger partial charge in [-0.05, 0) is 79.1 Å². The van der Waals surface area contributed by atoms with Gasteiger partial charge in [-0.2, -0.15) is 8.75 Å². The Labute approximate surface area is 277 Å². The molecule has 10 nitrogen and oxygen atoms in total. The summed E-state index contributed by atoms with van der Waals surface area (Å²) >= 11 is 1.08. The number of benzene rings is 4. The smallest absolute Gasteiger partial charge is 0.353 e. The lowest BCUT2D eigenvalue weighted by Crippen LogP contribution is -2.32. The molecule has 4 aromatic carbocycles. The number of hydrogen-bond donors (Lipinski definition) is 1. The van der Waals surface area contributed by atoms with Crippen molar-refractivity contribution in [3.8, 4) is 22.6 Å². The van der Waals surface area contributed by atoms with E-state index in [0.29, 0.717) is 67.8 Å². The maximum Gasteiger partial charge on any atom is 0.353 e. The summed E-state index contributed by atoms with van der Waals surface area (Å²) in [6.45, 7) is 4.20. The van der Waals surface area contributed by atoms with Gasteiger partial charge >= 0.3 is 5.97 Å². The summed E-state index contributed by atoms with van der Waals surface area (Å²) in [6, 6.07) is 23.1. The van der Waals surface area contributed by atoms with Gasteiger partial charge < -0.3 is 19.1 Å². The number of ether oxygens (including phenoxy) is 2. The average molecular weight is 671 g/mol. The van der Waals surface area contributed by atoms with E-state index in [4.69, 9.17) is 9.47 Å². The summed E-state index contributed by atoms with van der Waals surface area (Å²) in [5.74, 6) is 0.0461. The Balaban J connectivity index is 1.63. The fourth-order valence-electron chi connectivity index (χ4n) is 5.94. The lowest BCUT2D eigenvalue weighted by Gasteiger charge is -2.25. The standard InChI is InChI=1S/C35H34N4O6S2/c1-5-6-17-39(47(42,43)32-10-8-7-9-22(32)2)25-12-15-30-27(20-25)33(23-11-14-28-29(19-23)37-46-36-28)34(35(40)41)38(30)21-24-18-26(44-3)13-16-31(24)45-4/h7-16,18-20H,5-6,17,21H2,1-4H3,(H,40,41). The van der Waals surface area contributed by atoms with Crippen LogP contribution in [-0.4, -0.2) is 53.6 Å². The van der Waals surface area contributed by atoms with Crippen LogP contribution in [0.3, 0.4) is 0 Å². The van der Waals surface area contributed by atoms with E-state index < -0.39 is 16.0 Å². The van der Waals surface area contributed by atoms with Crippen LogP contribution in [0.25, 0.3) is 33.1 Å². The van der Waals surface area contributed by atoms with Crippen molar-refractivity contribution < 1.29 is 27.8 Å². The van der Waals surface area contributed by atoms with Crippen LogP contribution in [0.1, 0.15) is 41.4 Å². The van der Waals surface area contributed by atoms with Crippen molar-refractivity contribution >= 4 is 55.3 Å². The molecule has 0 aliphatic carbocycles. The number of nitrogens with zero attached hydrogens (tertiary/aromatic N) is 4. The summed E-state index contributed by atoms with van der Waals surface area (Å²) in [5, 5.41) is 11.4.